The molecule has 0 aliphatic rings. The van der Waals surface area contributed by atoms with Gasteiger partial charge in [-0.05, 0) is 123 Å². The summed E-state index contributed by atoms with van der Waals surface area (Å²) in [6.07, 6.45) is 3.04. The Morgan fingerprint density at radius 1 is 0.487 bits per heavy atom. The number of carbonyl (C=O) groups is 6. The number of nitrogens with zero attached hydrogens (tertiary/aromatic N) is 11. The molecule has 12 aromatic rings. The van der Waals surface area contributed by atoms with E-state index in [0.717, 1.165) is 57.1 Å². The first-order valence-corrected chi connectivity index (χ1v) is 37.1. The average molecular weight is 1550 g/mol. The van der Waals surface area contributed by atoms with Gasteiger partial charge in [0.25, 0.3) is 11.8 Å². The van der Waals surface area contributed by atoms with Gasteiger partial charge in [-0.3, -0.25) is 39.4 Å². The number of aliphatic hydroxyl groups is 1. The standard InChI is InChI=1S/C23H32N6O6.C22H27N3O2.C19H24N6O4.C18H19N3O/c1-16(2)21(30)17-4-5-18-19(14-17)25-23(24-18)26-22(31)20-15-29(28-27-20)6-7-33-10-11-35-13-12-34-9-8-32-3;1-22(2,3)20(26)16-8-11-18-19(14-16)24-21(23-18)15-6-9-17(10-7-15)27-13-12-25(4)5;1-19(2,3)16(27)12-4-5-13-14(10-12)21-18(20-13)22-17(28)15-11-25(24-23-15)6-8-29-9-7-26;1-18(2,3)16(22)11-7-8-14-15(10-11)21-17(20-14)12-5-4-6-13(19)9-12/h4-5,14-16H,6-13H2,1-3H3,(H2,24,25,26,31);6-11,14H,12-13H2,1-5H3,(H,23,24);4-5,10-11,26H,6-9H2,1-3H3,(H2,20,21,22,28);4-10H,19H2,1-3H3,(H,20,21). The summed E-state index contributed by atoms with van der Waals surface area (Å²) in [6, 6.07) is 37.1. The number of aromatic nitrogens is 14. The van der Waals surface area contributed by atoms with Gasteiger partial charge in [-0.2, -0.15) is 0 Å². The Morgan fingerprint density at radius 2 is 0.894 bits per heavy atom. The highest BCUT2D eigenvalue weighted by molar-refractivity contribution is 6.06. The van der Waals surface area contributed by atoms with Crippen molar-refractivity contribution in [2.24, 2.45) is 22.2 Å². The molecular formula is C82H102N18O13. The molecule has 9 N–H and O–H groups in total. The summed E-state index contributed by atoms with van der Waals surface area (Å²) in [4.78, 5) is 107. The summed E-state index contributed by atoms with van der Waals surface area (Å²) < 4.78 is 35.0. The number of ether oxygens (including phenoxy) is 6. The molecule has 598 valence electrons. The molecule has 6 aromatic heterocycles. The minimum Gasteiger partial charge on any atom is -0.492 e. The van der Waals surface area contributed by atoms with Crippen molar-refractivity contribution in [3.05, 3.63) is 167 Å². The Labute approximate surface area is 654 Å². The second-order valence-electron chi connectivity index (χ2n) is 30.1. The third kappa shape index (κ3) is 25.0. The molecule has 6 aromatic carbocycles. The number of carbonyl (C=O) groups excluding carboxylic acids is 6. The molecule has 0 spiro atoms. The number of amides is 2. The molecular weight excluding hydrogens is 1450 g/mol. The van der Waals surface area contributed by atoms with Crippen molar-refractivity contribution in [1.29, 1.82) is 0 Å². The van der Waals surface area contributed by atoms with Crippen LogP contribution in [0.15, 0.2) is 134 Å². The lowest BCUT2D eigenvalue weighted by Gasteiger charge is -2.16. The predicted molar refractivity (Wildman–Crippen MR) is 432 cm³/mol. The number of nitrogens with one attached hydrogen (secondary N) is 6. The first-order chi connectivity index (χ1) is 53.8. The van der Waals surface area contributed by atoms with Crippen LogP contribution in [0.2, 0.25) is 0 Å². The van der Waals surface area contributed by atoms with Gasteiger partial charge < -0.3 is 64.1 Å². The number of H-pyrrole nitrogens is 4. The van der Waals surface area contributed by atoms with Gasteiger partial charge in [-0.1, -0.05) is 98.7 Å². The van der Waals surface area contributed by atoms with Gasteiger partial charge in [0.05, 0.1) is 136 Å². The maximum atomic E-state index is 12.5. The lowest BCUT2D eigenvalue weighted by molar-refractivity contribution is 0.00244. The Morgan fingerprint density at radius 3 is 1.32 bits per heavy atom. The zero-order valence-corrected chi connectivity index (χ0v) is 66.5. The molecule has 31 nitrogen and oxygen atoms in total. The first-order valence-electron chi connectivity index (χ1n) is 37.1. The highest BCUT2D eigenvalue weighted by Crippen LogP contribution is 2.30. The number of aliphatic hydroxyl groups excluding tert-OH is 1. The number of fused-ring (bicyclic) bond motifs is 4. The average Bonchev–Trinajstić information content (AvgIpc) is 1.52. The zero-order valence-electron chi connectivity index (χ0n) is 66.5. The number of rotatable bonds is 32. The van der Waals surface area contributed by atoms with Crippen LogP contribution in [0.5, 0.6) is 5.75 Å². The van der Waals surface area contributed by atoms with Crippen LogP contribution in [0.1, 0.15) is 139 Å². The normalized spacial score (nSPS) is 11.7. The van der Waals surface area contributed by atoms with Crippen LogP contribution in [-0.4, -0.2) is 215 Å². The summed E-state index contributed by atoms with van der Waals surface area (Å²) >= 11 is 0. The molecule has 6 heterocycles. The van der Waals surface area contributed by atoms with E-state index in [1.807, 2.05) is 175 Å². The van der Waals surface area contributed by atoms with Gasteiger partial charge in [0, 0.05) is 74.9 Å². The SMILES string of the molecule is CC(C)(C)C(=O)c1ccc2nc(-c3cccc(N)c3)[nH]c2c1.CC(C)(C)C(=O)c1ccc2nc(NC(=O)c3cn(CCOCCO)nn3)[nH]c2c1.CN(C)CCOc1ccc(-c2nc3ccc(C(=O)C(C)(C)C)cc3[nH]2)cc1.COCCOCCOCCOCCn1cc(C(=O)Nc2nc3ccc(C(=O)C(C)C)cc3[nH]2)nn1. The van der Waals surface area contributed by atoms with E-state index in [2.05, 4.69) is 76.0 Å². The van der Waals surface area contributed by atoms with Crippen molar-refractivity contribution in [3.8, 4) is 28.5 Å². The summed E-state index contributed by atoms with van der Waals surface area (Å²) in [6.45, 7) is 27.2. The number of ketones is 4. The molecule has 2 amide bonds. The third-order valence-corrected chi connectivity index (χ3v) is 17.0. The van der Waals surface area contributed by atoms with Gasteiger partial charge in [0.15, 0.2) is 34.5 Å². The number of methoxy groups -OCH3 is 1. The van der Waals surface area contributed by atoms with E-state index >= 15 is 0 Å². The summed E-state index contributed by atoms with van der Waals surface area (Å²) in [5, 5.41) is 29.6. The fraction of sp³-hybridized carbons (Fsp3) is 0.390. The molecule has 0 aliphatic heterocycles. The summed E-state index contributed by atoms with van der Waals surface area (Å²) in [5.41, 5.74) is 16.0. The number of Topliss-reactive ketones (excluding diaryl/α,β-unsaturated/α-hetero) is 4. The number of anilines is 3. The Balaban J connectivity index is 0.000000175. The zero-order chi connectivity index (χ0) is 81.6. The van der Waals surface area contributed by atoms with Crippen molar-refractivity contribution in [3.63, 3.8) is 0 Å². The fourth-order valence-corrected chi connectivity index (χ4v) is 10.9. The molecule has 0 saturated carbocycles. The van der Waals surface area contributed by atoms with Gasteiger partial charge in [0.1, 0.15) is 24.0 Å². The molecule has 0 fully saturated rings. The smallest absolute Gasteiger partial charge is 0.280 e. The maximum absolute atomic E-state index is 12.5. The van der Waals surface area contributed by atoms with Crippen LogP contribution in [-0.2, 0) is 36.8 Å². The van der Waals surface area contributed by atoms with Gasteiger partial charge in [-0.15, -0.1) is 10.2 Å². The molecule has 0 aliphatic carbocycles. The van der Waals surface area contributed by atoms with E-state index in [1.165, 1.54) is 21.8 Å². The van der Waals surface area contributed by atoms with E-state index in [1.54, 1.807) is 43.5 Å². The number of benzene rings is 6. The van der Waals surface area contributed by atoms with Crippen molar-refractivity contribution in [2.75, 3.05) is 117 Å². The minimum atomic E-state index is -0.486. The van der Waals surface area contributed by atoms with Gasteiger partial charge >= 0.3 is 0 Å². The van der Waals surface area contributed by atoms with Gasteiger partial charge in [-0.25, -0.2) is 29.3 Å². The van der Waals surface area contributed by atoms with E-state index in [4.69, 9.17) is 39.3 Å². The molecule has 0 radical (unpaired) electrons. The molecule has 0 saturated heterocycles. The second kappa shape index (κ2) is 39.6. The predicted octanol–water partition coefficient (Wildman–Crippen LogP) is 12.0. The number of nitrogens with two attached hydrogens (primary N) is 1. The maximum Gasteiger partial charge on any atom is 0.280 e. The Hall–Kier alpha value is -11.6. The van der Waals surface area contributed by atoms with Crippen molar-refractivity contribution in [2.45, 2.75) is 89.3 Å². The topological polar surface area (TPSA) is 407 Å². The molecule has 0 bridgehead atoms. The van der Waals surface area contributed by atoms with Gasteiger partial charge in [0.2, 0.25) is 11.9 Å². The molecule has 0 atom stereocenters. The fourth-order valence-electron chi connectivity index (χ4n) is 10.9. The third-order valence-electron chi connectivity index (χ3n) is 17.0. The summed E-state index contributed by atoms with van der Waals surface area (Å²) in [7, 11) is 5.67. The lowest BCUT2D eigenvalue weighted by Crippen LogP contribution is -2.20. The monoisotopic (exact) mass is 1550 g/mol. The highest BCUT2D eigenvalue weighted by atomic mass is 16.6. The van der Waals surface area contributed by atoms with E-state index < -0.39 is 28.1 Å². The van der Waals surface area contributed by atoms with E-state index in [0.29, 0.717) is 123 Å². The molecule has 113 heavy (non-hydrogen) atoms. The molecule has 31 heteroatoms. The Kier molecular flexibility index (Phi) is 29.9. The van der Waals surface area contributed by atoms with E-state index in [-0.39, 0.29) is 65.5 Å². The highest BCUT2D eigenvalue weighted by Gasteiger charge is 2.27. The van der Waals surface area contributed by atoms with E-state index in [9.17, 15) is 28.8 Å². The lowest BCUT2D eigenvalue weighted by atomic mass is 9.86. The Bertz CT molecular complexity index is 5180. The quantitative estimate of drug-likeness (QED) is 0.0110. The van der Waals surface area contributed by atoms with Crippen LogP contribution in [0.4, 0.5) is 17.6 Å². The molecule has 12 rings (SSSR count). The number of aromatic amines is 4. The number of hydrogen-bond donors (Lipinski definition) is 8. The van der Waals surface area contributed by atoms with Crippen LogP contribution in [0.25, 0.3) is 66.9 Å². The molecule has 0 unspecified atom stereocenters. The first kappa shape index (κ1) is 85.4. The van der Waals surface area contributed by atoms with Crippen molar-refractivity contribution >= 4 is 96.7 Å². The van der Waals surface area contributed by atoms with Crippen molar-refractivity contribution < 1.29 is 62.3 Å². The summed E-state index contributed by atoms with van der Waals surface area (Å²) in [5.74, 6) is 2.20. The number of nitrogen functional groups attached to an aromatic ring is 1. The minimum absolute atomic E-state index is 0.0270. The largest absolute Gasteiger partial charge is 0.492 e. The van der Waals surface area contributed by atoms with Crippen molar-refractivity contribution in [1.82, 2.24) is 74.8 Å². The number of likely N-dealkylation sites (N-methyl/N-ethyl adjacent to an activating group) is 1. The van der Waals surface area contributed by atoms with Crippen LogP contribution >= 0.6 is 0 Å². The number of hydrogen-bond acceptors (Lipinski definition) is 23. The number of imidazole rings is 4. The van der Waals surface area contributed by atoms with Crippen LogP contribution in [0, 0.1) is 22.2 Å². The van der Waals surface area contributed by atoms with Crippen LogP contribution < -0.4 is 21.1 Å². The van der Waals surface area contributed by atoms with Crippen LogP contribution in [0.3, 0.4) is 0 Å². The second-order valence-corrected chi connectivity index (χ2v) is 30.1.